The van der Waals surface area contributed by atoms with Crippen molar-refractivity contribution in [3.05, 3.63) is 72.3 Å². The molecule has 152 valence electrons. The smallest absolute Gasteiger partial charge is 0.407 e. The van der Waals surface area contributed by atoms with Crippen LogP contribution in [0, 0.1) is 0 Å². The zero-order chi connectivity index (χ0) is 20.8. The van der Waals surface area contributed by atoms with Gasteiger partial charge in [0.25, 0.3) is 0 Å². The molecule has 2 atom stereocenters. The molecule has 1 aliphatic rings. The first-order valence-electron chi connectivity index (χ1n) is 9.25. The van der Waals surface area contributed by atoms with Gasteiger partial charge in [-0.05, 0) is 22.3 Å². The summed E-state index contributed by atoms with van der Waals surface area (Å²) in [5.74, 6) is -1.30. The summed E-state index contributed by atoms with van der Waals surface area (Å²) in [5, 5.41) is 21.4. The Hall–Kier alpha value is -3.16. The summed E-state index contributed by atoms with van der Waals surface area (Å²) in [4.78, 5) is 23.3. The van der Waals surface area contributed by atoms with E-state index in [0.29, 0.717) is 0 Å². The number of fused-ring (bicyclic) bond motifs is 3. The lowest BCUT2D eigenvalue weighted by Crippen LogP contribution is -2.46. The van der Waals surface area contributed by atoms with Crippen molar-refractivity contribution in [1.82, 2.24) is 5.32 Å². The highest BCUT2D eigenvalue weighted by molar-refractivity contribution is 5.79. The number of nitrogens with one attached hydrogen (secondary N) is 1. The standard InChI is InChI=1S/C22H23NO6/c1-2-11-28-21(26)19(12-20(24)25)23-22(27)29-13-18-16-9-5-3-7-14(16)15-8-4-6-10-17(15)18/h2-10,18-19,21,26H,1,11-13H2,(H,23,27)(H,24,25)/t19-,21-/m0/s1. The molecule has 0 aliphatic heterocycles. The van der Waals surface area contributed by atoms with E-state index in [0.717, 1.165) is 22.3 Å². The minimum atomic E-state index is -1.50. The number of aliphatic hydroxyl groups excluding tert-OH is 1. The average Bonchev–Trinajstić information content (AvgIpc) is 3.03. The van der Waals surface area contributed by atoms with E-state index in [1.165, 1.54) is 6.08 Å². The van der Waals surface area contributed by atoms with Crippen LogP contribution >= 0.6 is 0 Å². The van der Waals surface area contributed by atoms with Gasteiger partial charge in [-0.2, -0.15) is 0 Å². The predicted molar refractivity (Wildman–Crippen MR) is 106 cm³/mol. The third-order valence-electron chi connectivity index (χ3n) is 4.77. The minimum Gasteiger partial charge on any atom is -0.481 e. The summed E-state index contributed by atoms with van der Waals surface area (Å²) in [7, 11) is 0. The van der Waals surface area contributed by atoms with Gasteiger partial charge in [-0.25, -0.2) is 4.79 Å². The highest BCUT2D eigenvalue weighted by Gasteiger charge is 2.30. The van der Waals surface area contributed by atoms with Gasteiger partial charge in [0.1, 0.15) is 6.61 Å². The quantitative estimate of drug-likeness (QED) is 0.444. The number of carbonyl (C=O) groups is 2. The lowest BCUT2D eigenvalue weighted by molar-refractivity contribution is -0.145. The number of carboxylic acids is 1. The first kappa shape index (κ1) is 20.6. The largest absolute Gasteiger partial charge is 0.481 e. The van der Waals surface area contributed by atoms with Gasteiger partial charge in [-0.15, -0.1) is 6.58 Å². The molecule has 0 aromatic heterocycles. The number of aliphatic carboxylic acids is 1. The van der Waals surface area contributed by atoms with Crippen LogP contribution in [0.25, 0.3) is 11.1 Å². The summed E-state index contributed by atoms with van der Waals surface area (Å²) >= 11 is 0. The van der Waals surface area contributed by atoms with Crippen molar-refractivity contribution in [2.45, 2.75) is 24.7 Å². The van der Waals surface area contributed by atoms with E-state index in [1.54, 1.807) is 0 Å². The summed E-state index contributed by atoms with van der Waals surface area (Å²) in [5.41, 5.74) is 4.35. The maximum absolute atomic E-state index is 12.3. The number of hydrogen-bond acceptors (Lipinski definition) is 5. The molecule has 2 aromatic rings. The van der Waals surface area contributed by atoms with Crippen LogP contribution < -0.4 is 5.32 Å². The average molecular weight is 397 g/mol. The van der Waals surface area contributed by atoms with Gasteiger partial charge in [0.05, 0.1) is 19.1 Å². The Labute approximate surface area is 168 Å². The second-order valence-corrected chi connectivity index (χ2v) is 6.69. The topological polar surface area (TPSA) is 105 Å². The fourth-order valence-corrected chi connectivity index (χ4v) is 3.49. The van der Waals surface area contributed by atoms with E-state index in [4.69, 9.17) is 14.6 Å². The molecule has 29 heavy (non-hydrogen) atoms. The molecule has 7 nitrogen and oxygen atoms in total. The second kappa shape index (κ2) is 9.36. The number of carbonyl (C=O) groups excluding carboxylic acids is 1. The fourth-order valence-electron chi connectivity index (χ4n) is 3.49. The highest BCUT2D eigenvalue weighted by Crippen LogP contribution is 2.44. The van der Waals surface area contributed by atoms with Gasteiger partial charge >= 0.3 is 12.1 Å². The van der Waals surface area contributed by atoms with Crippen molar-refractivity contribution in [2.24, 2.45) is 0 Å². The van der Waals surface area contributed by atoms with Crippen LogP contribution in [0.5, 0.6) is 0 Å². The molecule has 0 unspecified atom stereocenters. The first-order chi connectivity index (χ1) is 14.0. The van der Waals surface area contributed by atoms with Gasteiger partial charge in [-0.1, -0.05) is 54.6 Å². The Morgan fingerprint density at radius 3 is 2.24 bits per heavy atom. The molecule has 3 rings (SSSR count). The zero-order valence-corrected chi connectivity index (χ0v) is 15.8. The van der Waals surface area contributed by atoms with Crippen molar-refractivity contribution < 1.29 is 29.3 Å². The van der Waals surface area contributed by atoms with Gasteiger partial charge in [0, 0.05) is 5.92 Å². The van der Waals surface area contributed by atoms with Crippen LogP contribution in [-0.2, 0) is 14.3 Å². The molecule has 0 bridgehead atoms. The number of benzene rings is 2. The second-order valence-electron chi connectivity index (χ2n) is 6.69. The SMILES string of the molecule is C=CCO[C@H](O)[C@H](CC(=O)O)NC(=O)OCC1c2ccccc2-c2ccccc21. The van der Waals surface area contributed by atoms with E-state index in [-0.39, 0.29) is 19.1 Å². The molecule has 2 aromatic carbocycles. The Bertz CT molecular complexity index is 851. The van der Waals surface area contributed by atoms with Crippen molar-refractivity contribution in [3.63, 3.8) is 0 Å². The first-order valence-corrected chi connectivity index (χ1v) is 9.25. The van der Waals surface area contributed by atoms with E-state index < -0.39 is 30.8 Å². The third kappa shape index (κ3) is 4.82. The minimum absolute atomic E-state index is 0.0175. The van der Waals surface area contributed by atoms with Crippen LogP contribution in [-0.4, -0.2) is 47.8 Å². The molecule has 0 radical (unpaired) electrons. The maximum Gasteiger partial charge on any atom is 0.407 e. The Balaban J connectivity index is 1.66. The lowest BCUT2D eigenvalue weighted by atomic mass is 9.98. The van der Waals surface area contributed by atoms with Gasteiger partial charge in [0.15, 0.2) is 6.29 Å². The van der Waals surface area contributed by atoms with Crippen molar-refractivity contribution in [3.8, 4) is 11.1 Å². The zero-order valence-electron chi connectivity index (χ0n) is 15.8. The van der Waals surface area contributed by atoms with Gasteiger partial charge in [-0.3, -0.25) is 4.79 Å². The molecular formula is C22H23NO6. The van der Waals surface area contributed by atoms with E-state index in [9.17, 15) is 14.7 Å². The van der Waals surface area contributed by atoms with Crippen LogP contribution in [0.4, 0.5) is 4.79 Å². The predicted octanol–water partition coefficient (Wildman–Crippen LogP) is 2.89. The molecule has 7 heteroatoms. The Morgan fingerprint density at radius 2 is 1.69 bits per heavy atom. The van der Waals surface area contributed by atoms with Crippen molar-refractivity contribution >= 4 is 12.1 Å². The van der Waals surface area contributed by atoms with Crippen LogP contribution in [0.15, 0.2) is 61.2 Å². The van der Waals surface area contributed by atoms with Gasteiger partial charge in [0.2, 0.25) is 0 Å². The number of aliphatic hydroxyl groups is 1. The summed E-state index contributed by atoms with van der Waals surface area (Å²) in [6.07, 6.45) is -1.42. The molecular weight excluding hydrogens is 374 g/mol. The van der Waals surface area contributed by atoms with E-state index in [2.05, 4.69) is 11.9 Å². The van der Waals surface area contributed by atoms with E-state index in [1.807, 2.05) is 48.5 Å². The molecule has 0 saturated carbocycles. The lowest BCUT2D eigenvalue weighted by Gasteiger charge is -2.23. The Kier molecular flexibility index (Phi) is 6.64. The Morgan fingerprint density at radius 1 is 1.10 bits per heavy atom. The number of alkyl carbamates (subject to hydrolysis) is 1. The number of hydrogen-bond donors (Lipinski definition) is 3. The summed E-state index contributed by atoms with van der Waals surface area (Å²) in [6.45, 7) is 3.56. The normalized spacial score (nSPS) is 14.4. The number of ether oxygens (including phenoxy) is 2. The molecule has 1 aliphatic carbocycles. The monoisotopic (exact) mass is 397 g/mol. The third-order valence-corrected chi connectivity index (χ3v) is 4.77. The van der Waals surface area contributed by atoms with Crippen molar-refractivity contribution in [1.29, 1.82) is 0 Å². The molecule has 0 spiro atoms. The molecule has 0 heterocycles. The van der Waals surface area contributed by atoms with Crippen LogP contribution in [0.1, 0.15) is 23.5 Å². The number of rotatable bonds is 9. The number of carboxylic acid groups (broad SMARTS) is 1. The summed E-state index contributed by atoms with van der Waals surface area (Å²) < 4.78 is 10.4. The number of amides is 1. The maximum atomic E-state index is 12.3. The molecule has 0 fully saturated rings. The van der Waals surface area contributed by atoms with Crippen LogP contribution in [0.2, 0.25) is 0 Å². The molecule has 3 N–H and O–H groups in total. The van der Waals surface area contributed by atoms with E-state index >= 15 is 0 Å². The van der Waals surface area contributed by atoms with Crippen molar-refractivity contribution in [2.75, 3.05) is 13.2 Å². The molecule has 0 saturated heterocycles. The highest BCUT2D eigenvalue weighted by atomic mass is 16.6. The molecule has 1 amide bonds. The van der Waals surface area contributed by atoms with Gasteiger partial charge < -0.3 is 25.0 Å². The summed E-state index contributed by atoms with van der Waals surface area (Å²) in [6, 6.07) is 14.7. The fraction of sp³-hybridized carbons (Fsp3) is 0.273. The van der Waals surface area contributed by atoms with Crippen LogP contribution in [0.3, 0.4) is 0 Å².